The van der Waals surface area contributed by atoms with Crippen molar-refractivity contribution in [3.8, 4) is 0 Å². The molecule has 4 atom stereocenters. The topological polar surface area (TPSA) is 35.9 Å². The molecule has 0 unspecified atom stereocenters. The molecule has 1 aliphatic carbocycles. The molecule has 1 aliphatic heterocycles. The van der Waals surface area contributed by atoms with E-state index in [0.29, 0.717) is 31.1 Å². The van der Waals surface area contributed by atoms with Crippen LogP contribution in [-0.4, -0.2) is 61.5 Å². The normalized spacial score (nSPS) is 27.4. The third-order valence-corrected chi connectivity index (χ3v) is 7.05. The van der Waals surface area contributed by atoms with Gasteiger partial charge in [-0.15, -0.1) is 0 Å². The average Bonchev–Trinajstić information content (AvgIpc) is 2.69. The first-order chi connectivity index (χ1) is 13.8. The number of aryl methyl sites for hydroxylation is 1. The highest BCUT2D eigenvalue weighted by atomic mass is 35.5. The fourth-order valence-electron chi connectivity index (χ4n) is 4.99. The predicted octanol–water partition coefficient (Wildman–Crippen LogP) is 4.61. The van der Waals surface area contributed by atoms with Crippen molar-refractivity contribution in [2.24, 2.45) is 17.8 Å². The molecule has 0 spiro atoms. The first-order valence-electron chi connectivity index (χ1n) is 11.4. The number of β-amino-alcohol motifs (C(OH)–C–C–N with tert-alkyl or cyclic N) is 1. The third-order valence-electron chi connectivity index (χ3n) is 6.82. The zero-order valence-electron chi connectivity index (χ0n) is 18.6. The first-order valence-corrected chi connectivity index (χ1v) is 11.7. The van der Waals surface area contributed by atoms with E-state index in [1.165, 1.54) is 24.1 Å². The van der Waals surface area contributed by atoms with Crippen molar-refractivity contribution in [3.63, 3.8) is 0 Å². The third kappa shape index (κ3) is 6.33. The summed E-state index contributed by atoms with van der Waals surface area (Å²) >= 11 is 6.19. The minimum atomic E-state index is -0.417. The summed E-state index contributed by atoms with van der Waals surface area (Å²) in [5, 5.41) is 11.4. The molecule has 3 rings (SSSR count). The Morgan fingerprint density at radius 3 is 2.59 bits per heavy atom. The maximum absolute atomic E-state index is 10.6. The molecule has 1 saturated carbocycles. The van der Waals surface area contributed by atoms with Gasteiger partial charge in [-0.1, -0.05) is 44.9 Å². The SMILES string of the molecule is Cc1ccc(Cl)cc1N1CCN(C[C@H](O)CO[C@H]2C[C@@H](C)CC[C@@H]2C(C)C)CC1. The Hall–Kier alpha value is -0.810. The van der Waals surface area contributed by atoms with Gasteiger partial charge in [0.25, 0.3) is 0 Å². The molecule has 29 heavy (non-hydrogen) atoms. The van der Waals surface area contributed by atoms with Gasteiger partial charge < -0.3 is 14.7 Å². The van der Waals surface area contributed by atoms with Gasteiger partial charge in [-0.3, -0.25) is 4.90 Å². The number of rotatable bonds is 7. The molecular formula is C24H39ClN2O2. The molecule has 1 aromatic carbocycles. The number of halogens is 1. The van der Waals surface area contributed by atoms with Crippen molar-refractivity contribution in [1.82, 2.24) is 4.90 Å². The molecule has 0 bridgehead atoms. The van der Waals surface area contributed by atoms with E-state index in [4.69, 9.17) is 16.3 Å². The maximum Gasteiger partial charge on any atom is 0.0900 e. The van der Waals surface area contributed by atoms with E-state index in [1.54, 1.807) is 0 Å². The van der Waals surface area contributed by atoms with Crippen LogP contribution in [0, 0.1) is 24.7 Å². The van der Waals surface area contributed by atoms with E-state index in [-0.39, 0.29) is 0 Å². The van der Waals surface area contributed by atoms with E-state index in [0.717, 1.165) is 43.5 Å². The van der Waals surface area contributed by atoms with Gasteiger partial charge in [0.1, 0.15) is 0 Å². The predicted molar refractivity (Wildman–Crippen MR) is 122 cm³/mol. The monoisotopic (exact) mass is 422 g/mol. The lowest BCUT2D eigenvalue weighted by Crippen LogP contribution is -2.49. The highest BCUT2D eigenvalue weighted by Crippen LogP contribution is 2.35. The second-order valence-electron chi connectivity index (χ2n) is 9.57. The lowest BCUT2D eigenvalue weighted by Gasteiger charge is -2.39. The molecule has 5 heteroatoms. The van der Waals surface area contributed by atoms with Crippen molar-refractivity contribution in [2.45, 2.75) is 59.2 Å². The Balaban J connectivity index is 1.43. The summed E-state index contributed by atoms with van der Waals surface area (Å²) < 4.78 is 6.25. The second-order valence-corrected chi connectivity index (χ2v) is 10.0. The van der Waals surface area contributed by atoms with Crippen LogP contribution in [0.15, 0.2) is 18.2 Å². The number of benzene rings is 1. The van der Waals surface area contributed by atoms with Crippen LogP contribution in [0.1, 0.15) is 45.6 Å². The molecule has 1 heterocycles. The summed E-state index contributed by atoms with van der Waals surface area (Å²) in [6.45, 7) is 14.0. The zero-order valence-corrected chi connectivity index (χ0v) is 19.4. The molecule has 164 valence electrons. The summed E-state index contributed by atoms with van der Waals surface area (Å²) in [6, 6.07) is 6.09. The van der Waals surface area contributed by atoms with Crippen LogP contribution in [0.25, 0.3) is 0 Å². The van der Waals surface area contributed by atoms with Crippen molar-refractivity contribution >= 4 is 17.3 Å². The van der Waals surface area contributed by atoms with Crippen LogP contribution in [-0.2, 0) is 4.74 Å². The van der Waals surface area contributed by atoms with Gasteiger partial charge >= 0.3 is 0 Å². The minimum absolute atomic E-state index is 0.302. The highest BCUT2D eigenvalue weighted by Gasteiger charge is 2.32. The van der Waals surface area contributed by atoms with Gasteiger partial charge in [0.15, 0.2) is 0 Å². The molecule has 1 aromatic rings. The van der Waals surface area contributed by atoms with Crippen molar-refractivity contribution in [1.29, 1.82) is 0 Å². The van der Waals surface area contributed by atoms with Crippen LogP contribution in [0.3, 0.4) is 0 Å². The molecule has 0 aromatic heterocycles. The number of ether oxygens (including phenoxy) is 1. The van der Waals surface area contributed by atoms with Crippen LogP contribution < -0.4 is 4.90 Å². The molecular weight excluding hydrogens is 384 g/mol. The summed E-state index contributed by atoms with van der Waals surface area (Å²) in [6.07, 6.45) is 3.58. The van der Waals surface area contributed by atoms with E-state index in [9.17, 15) is 5.11 Å². The second kappa shape index (κ2) is 10.5. The summed E-state index contributed by atoms with van der Waals surface area (Å²) in [5.41, 5.74) is 2.49. The van der Waals surface area contributed by atoms with Crippen molar-refractivity contribution < 1.29 is 9.84 Å². The van der Waals surface area contributed by atoms with Gasteiger partial charge in [0.05, 0.1) is 18.8 Å². The fourth-order valence-corrected chi connectivity index (χ4v) is 5.15. The number of aliphatic hydroxyl groups is 1. The Bertz CT molecular complexity index is 646. The Morgan fingerprint density at radius 1 is 1.17 bits per heavy atom. The summed E-state index contributed by atoms with van der Waals surface area (Å²) in [5.74, 6) is 2.01. The van der Waals surface area contributed by atoms with E-state index in [2.05, 4.69) is 49.6 Å². The Labute approximate surface area is 182 Å². The number of piperazine rings is 1. The number of aliphatic hydroxyl groups excluding tert-OH is 1. The average molecular weight is 423 g/mol. The van der Waals surface area contributed by atoms with E-state index in [1.807, 2.05) is 6.07 Å². The minimum Gasteiger partial charge on any atom is -0.389 e. The molecule has 1 saturated heterocycles. The molecule has 1 N–H and O–H groups in total. The maximum atomic E-state index is 10.6. The van der Waals surface area contributed by atoms with Gasteiger partial charge in [-0.05, 0) is 55.2 Å². The first kappa shape index (κ1) is 22.9. The summed E-state index contributed by atoms with van der Waals surface area (Å²) in [7, 11) is 0. The lowest BCUT2D eigenvalue weighted by atomic mass is 9.75. The van der Waals surface area contributed by atoms with Gasteiger partial charge in [-0.2, -0.15) is 0 Å². The van der Waals surface area contributed by atoms with Gasteiger partial charge in [0.2, 0.25) is 0 Å². The smallest absolute Gasteiger partial charge is 0.0900 e. The van der Waals surface area contributed by atoms with Crippen molar-refractivity contribution in [2.75, 3.05) is 44.2 Å². The molecule has 0 amide bonds. The highest BCUT2D eigenvalue weighted by molar-refractivity contribution is 6.30. The van der Waals surface area contributed by atoms with Crippen LogP contribution in [0.5, 0.6) is 0 Å². The number of hydrogen-bond acceptors (Lipinski definition) is 4. The lowest BCUT2D eigenvalue weighted by molar-refractivity contribution is -0.0740. The molecule has 2 aliphatic rings. The Kier molecular flexibility index (Phi) is 8.26. The summed E-state index contributed by atoms with van der Waals surface area (Å²) in [4.78, 5) is 4.76. The van der Waals surface area contributed by atoms with E-state index >= 15 is 0 Å². The Morgan fingerprint density at radius 2 is 1.90 bits per heavy atom. The molecule has 0 radical (unpaired) electrons. The quantitative estimate of drug-likeness (QED) is 0.696. The van der Waals surface area contributed by atoms with Crippen LogP contribution >= 0.6 is 11.6 Å². The van der Waals surface area contributed by atoms with Gasteiger partial charge in [0, 0.05) is 43.4 Å². The molecule has 4 nitrogen and oxygen atoms in total. The largest absolute Gasteiger partial charge is 0.389 e. The van der Waals surface area contributed by atoms with E-state index < -0.39 is 6.10 Å². The van der Waals surface area contributed by atoms with Gasteiger partial charge in [-0.25, -0.2) is 0 Å². The number of anilines is 1. The fraction of sp³-hybridized carbons (Fsp3) is 0.750. The van der Waals surface area contributed by atoms with Crippen LogP contribution in [0.4, 0.5) is 5.69 Å². The molecule has 2 fully saturated rings. The standard InChI is InChI=1S/C24H39ClN2O2/c1-17(2)22-8-5-18(3)13-24(22)29-16-21(28)15-26-9-11-27(12-10-26)23-14-20(25)7-6-19(23)4/h6-7,14,17-18,21-22,24,28H,5,8-13,15-16H2,1-4H3/t18-,21-,22+,24-/m0/s1. The number of hydrogen-bond donors (Lipinski definition) is 1. The van der Waals surface area contributed by atoms with Crippen LogP contribution in [0.2, 0.25) is 5.02 Å². The zero-order chi connectivity index (χ0) is 21.0. The number of nitrogens with zero attached hydrogens (tertiary/aromatic N) is 2. The van der Waals surface area contributed by atoms with Crippen molar-refractivity contribution in [3.05, 3.63) is 28.8 Å².